The van der Waals surface area contributed by atoms with E-state index in [0.29, 0.717) is 24.3 Å². The van der Waals surface area contributed by atoms with Gasteiger partial charge in [-0.25, -0.2) is 0 Å². The molecule has 4 nitrogen and oxygen atoms in total. The summed E-state index contributed by atoms with van der Waals surface area (Å²) in [7, 11) is 0. The van der Waals surface area contributed by atoms with E-state index in [1.54, 1.807) is 0 Å². The summed E-state index contributed by atoms with van der Waals surface area (Å²) in [6.07, 6.45) is 0.120. The Bertz CT molecular complexity index is 783. The van der Waals surface area contributed by atoms with E-state index in [2.05, 4.69) is 25.5 Å². The molecule has 2 aromatic carbocycles. The minimum Gasteiger partial charge on any atom is -0.493 e. The van der Waals surface area contributed by atoms with E-state index in [1.807, 2.05) is 42.5 Å². The van der Waals surface area contributed by atoms with Crippen molar-refractivity contribution in [1.29, 1.82) is 0 Å². The maximum atomic E-state index is 12.6. The van der Waals surface area contributed by atoms with Crippen molar-refractivity contribution < 1.29 is 14.6 Å². The van der Waals surface area contributed by atoms with Crippen LogP contribution in [0.1, 0.15) is 49.2 Å². The predicted molar refractivity (Wildman–Crippen MR) is 102 cm³/mol. The number of hydrogen-bond acceptors (Lipinski definition) is 4. The van der Waals surface area contributed by atoms with E-state index in [0.717, 1.165) is 16.7 Å². The van der Waals surface area contributed by atoms with Gasteiger partial charge >= 0.3 is 0 Å². The molecule has 1 aliphatic heterocycles. The zero-order chi connectivity index (χ0) is 18.0. The van der Waals surface area contributed by atoms with Crippen molar-refractivity contribution in [2.75, 3.05) is 6.61 Å². The molecule has 0 saturated heterocycles. The second kappa shape index (κ2) is 7.10. The summed E-state index contributed by atoms with van der Waals surface area (Å²) < 4.78 is 8.55. The van der Waals surface area contributed by atoms with Crippen LogP contribution in [-0.2, 0) is 0 Å². The average molecular weight is 357 g/mol. The fourth-order valence-electron chi connectivity index (χ4n) is 2.73. The standard InChI is InChI=1S/C20H23NO3S/c1-20(2,3)25-21-19(23)15-7-5-4-6-14(15)13-8-9-16-17(22)10-11-24-18(16)12-13/h4-9,12,17,22H,10-11H2,1-3H3,(H,21,23)/t17-/m0/s1. The van der Waals surface area contributed by atoms with Crippen LogP contribution in [0.15, 0.2) is 42.5 Å². The molecule has 0 saturated carbocycles. The fourth-order valence-corrected chi connectivity index (χ4v) is 3.23. The molecule has 0 fully saturated rings. The Hall–Kier alpha value is -1.98. The molecule has 2 aromatic rings. The zero-order valence-electron chi connectivity index (χ0n) is 14.7. The molecule has 0 bridgehead atoms. The highest BCUT2D eigenvalue weighted by atomic mass is 32.2. The Morgan fingerprint density at radius 2 is 2.00 bits per heavy atom. The highest BCUT2D eigenvalue weighted by Crippen LogP contribution is 2.36. The van der Waals surface area contributed by atoms with Crippen LogP contribution >= 0.6 is 11.9 Å². The Labute approximate surface area is 152 Å². The Kier molecular flexibility index (Phi) is 5.06. The number of aliphatic hydroxyl groups is 1. The highest BCUT2D eigenvalue weighted by Gasteiger charge is 2.21. The number of hydrogen-bond donors (Lipinski definition) is 2. The van der Waals surface area contributed by atoms with E-state index in [1.165, 1.54) is 11.9 Å². The second-order valence-corrected chi connectivity index (χ2v) is 8.73. The summed E-state index contributed by atoms with van der Waals surface area (Å²) in [4.78, 5) is 12.6. The van der Waals surface area contributed by atoms with Crippen LogP contribution in [0.25, 0.3) is 11.1 Å². The summed E-state index contributed by atoms with van der Waals surface area (Å²) in [5.41, 5.74) is 3.18. The third kappa shape index (κ3) is 4.17. The number of ether oxygens (including phenoxy) is 1. The van der Waals surface area contributed by atoms with Crippen molar-refractivity contribution in [2.45, 2.75) is 38.0 Å². The molecule has 132 valence electrons. The number of aliphatic hydroxyl groups excluding tert-OH is 1. The molecule has 1 amide bonds. The monoisotopic (exact) mass is 357 g/mol. The first-order chi connectivity index (χ1) is 11.8. The number of carbonyl (C=O) groups is 1. The van der Waals surface area contributed by atoms with Crippen LogP contribution in [0.4, 0.5) is 0 Å². The minimum absolute atomic E-state index is 0.0552. The zero-order valence-corrected chi connectivity index (χ0v) is 15.5. The smallest absolute Gasteiger partial charge is 0.261 e. The molecule has 0 aliphatic carbocycles. The van der Waals surface area contributed by atoms with Crippen molar-refractivity contribution in [1.82, 2.24) is 4.72 Å². The molecule has 1 atom stereocenters. The third-order valence-electron chi connectivity index (χ3n) is 3.95. The first-order valence-electron chi connectivity index (χ1n) is 8.38. The van der Waals surface area contributed by atoms with Crippen molar-refractivity contribution in [3.8, 4) is 16.9 Å². The molecular formula is C20H23NO3S. The quantitative estimate of drug-likeness (QED) is 0.802. The topological polar surface area (TPSA) is 58.6 Å². The molecule has 0 spiro atoms. The molecule has 1 aliphatic rings. The number of fused-ring (bicyclic) bond motifs is 1. The minimum atomic E-state index is -0.487. The number of benzene rings is 2. The third-order valence-corrected chi connectivity index (χ3v) is 4.85. The molecule has 5 heteroatoms. The lowest BCUT2D eigenvalue weighted by molar-refractivity contribution is 0.0984. The van der Waals surface area contributed by atoms with Gasteiger partial charge in [0.2, 0.25) is 0 Å². The van der Waals surface area contributed by atoms with Crippen molar-refractivity contribution in [3.63, 3.8) is 0 Å². The van der Waals surface area contributed by atoms with Gasteiger partial charge < -0.3 is 9.84 Å². The van der Waals surface area contributed by atoms with Gasteiger partial charge in [-0.3, -0.25) is 9.52 Å². The Morgan fingerprint density at radius 1 is 1.24 bits per heavy atom. The number of amides is 1. The average Bonchev–Trinajstić information content (AvgIpc) is 2.59. The van der Waals surface area contributed by atoms with Crippen LogP contribution in [-0.4, -0.2) is 22.4 Å². The van der Waals surface area contributed by atoms with Crippen LogP contribution in [0.3, 0.4) is 0 Å². The van der Waals surface area contributed by atoms with Gasteiger partial charge in [0.05, 0.1) is 12.7 Å². The van der Waals surface area contributed by atoms with E-state index in [4.69, 9.17) is 4.74 Å². The van der Waals surface area contributed by atoms with Crippen LogP contribution in [0, 0.1) is 0 Å². The number of rotatable bonds is 3. The molecule has 3 rings (SSSR count). The summed E-state index contributed by atoms with van der Waals surface area (Å²) in [6.45, 7) is 6.66. The summed E-state index contributed by atoms with van der Waals surface area (Å²) in [5, 5.41) is 10.1. The SMILES string of the molecule is CC(C)(C)SNC(=O)c1ccccc1-c1ccc2c(c1)OCC[C@@H]2O. The molecule has 0 radical (unpaired) electrons. The molecule has 1 heterocycles. The number of nitrogens with one attached hydrogen (secondary N) is 1. The summed E-state index contributed by atoms with van der Waals surface area (Å²) in [5.74, 6) is 0.574. The molecule has 0 aromatic heterocycles. The predicted octanol–water partition coefficient (Wildman–Crippen LogP) is 4.35. The molecule has 25 heavy (non-hydrogen) atoms. The van der Waals surface area contributed by atoms with Gasteiger partial charge in [0.15, 0.2) is 0 Å². The first-order valence-corrected chi connectivity index (χ1v) is 9.19. The van der Waals surface area contributed by atoms with Gasteiger partial charge in [0.1, 0.15) is 5.75 Å². The summed E-state index contributed by atoms with van der Waals surface area (Å²) >= 11 is 1.41. The van der Waals surface area contributed by atoms with Gasteiger partial charge in [-0.1, -0.05) is 30.3 Å². The van der Waals surface area contributed by atoms with Gasteiger partial charge in [-0.2, -0.15) is 0 Å². The molecule has 2 N–H and O–H groups in total. The van der Waals surface area contributed by atoms with Gasteiger partial charge in [-0.05, 0) is 56.0 Å². The second-order valence-electron chi connectivity index (χ2n) is 7.10. The summed E-state index contributed by atoms with van der Waals surface area (Å²) in [6, 6.07) is 13.2. The lowest BCUT2D eigenvalue weighted by Gasteiger charge is -2.23. The maximum absolute atomic E-state index is 12.6. The van der Waals surface area contributed by atoms with E-state index in [9.17, 15) is 9.90 Å². The fraction of sp³-hybridized carbons (Fsp3) is 0.350. The lowest BCUT2D eigenvalue weighted by atomic mass is 9.95. The van der Waals surface area contributed by atoms with Crippen molar-refractivity contribution in [2.24, 2.45) is 0 Å². The van der Waals surface area contributed by atoms with Gasteiger partial charge in [0, 0.05) is 22.3 Å². The normalized spacial score (nSPS) is 16.7. The number of carbonyl (C=O) groups excluding carboxylic acids is 1. The van der Waals surface area contributed by atoms with E-state index >= 15 is 0 Å². The van der Waals surface area contributed by atoms with Gasteiger partial charge in [0.25, 0.3) is 5.91 Å². The highest BCUT2D eigenvalue weighted by molar-refractivity contribution is 7.99. The van der Waals surface area contributed by atoms with Crippen LogP contribution in [0.2, 0.25) is 0 Å². The van der Waals surface area contributed by atoms with Crippen molar-refractivity contribution in [3.05, 3.63) is 53.6 Å². The van der Waals surface area contributed by atoms with E-state index < -0.39 is 6.10 Å². The molecule has 0 unspecified atom stereocenters. The van der Waals surface area contributed by atoms with Crippen LogP contribution < -0.4 is 9.46 Å². The Balaban J connectivity index is 1.92. The maximum Gasteiger partial charge on any atom is 0.261 e. The first kappa shape index (κ1) is 17.8. The van der Waals surface area contributed by atoms with E-state index in [-0.39, 0.29) is 10.7 Å². The lowest BCUT2D eigenvalue weighted by Crippen LogP contribution is -2.23. The largest absolute Gasteiger partial charge is 0.493 e. The van der Waals surface area contributed by atoms with Crippen molar-refractivity contribution >= 4 is 17.9 Å². The Morgan fingerprint density at radius 3 is 2.76 bits per heavy atom. The van der Waals surface area contributed by atoms with Crippen LogP contribution in [0.5, 0.6) is 5.75 Å². The molecular weight excluding hydrogens is 334 g/mol. The van der Waals surface area contributed by atoms with Gasteiger partial charge in [-0.15, -0.1) is 0 Å².